The van der Waals surface area contributed by atoms with E-state index in [-0.39, 0.29) is 5.91 Å². The molecule has 110 valence electrons. The molecule has 0 heterocycles. The van der Waals surface area contributed by atoms with Crippen LogP contribution in [0.15, 0.2) is 53.4 Å². The molecule has 22 heavy (non-hydrogen) atoms. The fourth-order valence-corrected chi connectivity index (χ4v) is 3.04. The minimum Gasteiger partial charge on any atom is -0.325 e. The molecule has 0 saturated heterocycles. The van der Waals surface area contributed by atoms with Crippen LogP contribution in [0.2, 0.25) is 5.02 Å². The lowest BCUT2D eigenvalue weighted by atomic mass is 9.95. The molecule has 0 atom stereocenters. The van der Waals surface area contributed by atoms with E-state index in [4.69, 9.17) is 16.9 Å². The average Bonchev–Trinajstić information content (AvgIpc) is 3.31. The number of rotatable bonds is 4. The zero-order valence-electron chi connectivity index (χ0n) is 11.7. The van der Waals surface area contributed by atoms with Crippen molar-refractivity contribution in [1.82, 2.24) is 0 Å². The van der Waals surface area contributed by atoms with Crippen LogP contribution in [0.1, 0.15) is 18.4 Å². The molecule has 1 saturated carbocycles. The monoisotopic (exact) mass is 328 g/mol. The van der Waals surface area contributed by atoms with Gasteiger partial charge in [-0.05, 0) is 66.6 Å². The van der Waals surface area contributed by atoms with Gasteiger partial charge in [0, 0.05) is 15.6 Å². The highest BCUT2D eigenvalue weighted by Crippen LogP contribution is 2.49. The Balaban J connectivity index is 1.76. The molecule has 1 aliphatic carbocycles. The molecule has 0 radical (unpaired) electrons. The summed E-state index contributed by atoms with van der Waals surface area (Å²) < 4.78 is 0. The van der Waals surface area contributed by atoms with Gasteiger partial charge in [-0.3, -0.25) is 4.79 Å². The van der Waals surface area contributed by atoms with Gasteiger partial charge in [0.2, 0.25) is 5.91 Å². The summed E-state index contributed by atoms with van der Waals surface area (Å²) in [6, 6.07) is 14.8. The van der Waals surface area contributed by atoms with E-state index in [0.29, 0.717) is 5.02 Å². The summed E-state index contributed by atoms with van der Waals surface area (Å²) in [4.78, 5) is 13.5. The lowest BCUT2D eigenvalue weighted by Crippen LogP contribution is -2.27. The molecular weight excluding hydrogens is 316 g/mol. The van der Waals surface area contributed by atoms with E-state index in [0.717, 1.165) is 40.7 Å². The van der Waals surface area contributed by atoms with Gasteiger partial charge in [0.05, 0.1) is 5.41 Å². The quantitative estimate of drug-likeness (QED) is 0.660. The maximum Gasteiger partial charge on any atom is 0.235 e. The van der Waals surface area contributed by atoms with Crippen molar-refractivity contribution in [3.63, 3.8) is 0 Å². The minimum absolute atomic E-state index is 0.00421. The Morgan fingerprint density at radius 3 is 2.55 bits per heavy atom. The second kappa shape index (κ2) is 6.04. The smallest absolute Gasteiger partial charge is 0.235 e. The van der Waals surface area contributed by atoms with E-state index in [1.165, 1.54) is 0 Å². The predicted molar refractivity (Wildman–Crippen MR) is 88.9 cm³/mol. The molecule has 0 aromatic heterocycles. The van der Waals surface area contributed by atoms with E-state index in [2.05, 4.69) is 5.32 Å². The maximum atomic E-state index is 12.6. The number of halogens is 1. The summed E-state index contributed by atoms with van der Waals surface area (Å²) in [6.45, 7) is 0. The summed E-state index contributed by atoms with van der Waals surface area (Å²) in [7, 11) is 0. The van der Waals surface area contributed by atoms with Crippen molar-refractivity contribution in [1.29, 1.82) is 5.26 Å². The summed E-state index contributed by atoms with van der Waals surface area (Å²) in [5.74, 6) is -0.00421. The van der Waals surface area contributed by atoms with Crippen molar-refractivity contribution in [3.05, 3.63) is 59.1 Å². The number of anilines is 1. The van der Waals surface area contributed by atoms with Crippen molar-refractivity contribution < 1.29 is 4.79 Å². The number of carbonyl (C=O) groups is 1. The van der Waals surface area contributed by atoms with E-state index in [9.17, 15) is 4.79 Å². The summed E-state index contributed by atoms with van der Waals surface area (Å²) in [5.41, 5.74) is 1.25. The standard InChI is InChI=1S/C17H13ClN2OS/c18-13-3-1-2-12(10-13)17(8-9-17)16(21)20-14-4-6-15(7-5-14)22-11-19/h1-7,10H,8-9H2,(H,20,21). The van der Waals surface area contributed by atoms with Crippen LogP contribution in [-0.4, -0.2) is 5.91 Å². The highest BCUT2D eigenvalue weighted by molar-refractivity contribution is 8.03. The van der Waals surface area contributed by atoms with E-state index in [1.54, 1.807) is 0 Å². The number of nitriles is 1. The van der Waals surface area contributed by atoms with Crippen LogP contribution in [-0.2, 0) is 10.2 Å². The first kappa shape index (κ1) is 15.0. The van der Waals surface area contributed by atoms with Crippen molar-refractivity contribution in [2.45, 2.75) is 23.2 Å². The van der Waals surface area contributed by atoms with Crippen molar-refractivity contribution in [3.8, 4) is 5.40 Å². The van der Waals surface area contributed by atoms with Crippen LogP contribution in [0.3, 0.4) is 0 Å². The lowest BCUT2D eigenvalue weighted by molar-refractivity contribution is -0.118. The van der Waals surface area contributed by atoms with Crippen LogP contribution in [0.5, 0.6) is 0 Å². The summed E-state index contributed by atoms with van der Waals surface area (Å²) >= 11 is 7.13. The first-order valence-corrected chi connectivity index (χ1v) is 8.07. The van der Waals surface area contributed by atoms with Crippen LogP contribution in [0.4, 0.5) is 5.69 Å². The molecule has 0 spiro atoms. The topological polar surface area (TPSA) is 52.9 Å². The van der Waals surface area contributed by atoms with E-state index >= 15 is 0 Å². The van der Waals surface area contributed by atoms with E-state index in [1.807, 2.05) is 53.9 Å². The Kier molecular flexibility index (Phi) is 4.10. The third kappa shape index (κ3) is 2.96. The average molecular weight is 329 g/mol. The van der Waals surface area contributed by atoms with Crippen molar-refractivity contribution in [2.75, 3.05) is 5.32 Å². The van der Waals surface area contributed by atoms with Crippen LogP contribution in [0, 0.1) is 10.7 Å². The van der Waals surface area contributed by atoms with Gasteiger partial charge in [-0.25, -0.2) is 0 Å². The molecule has 1 amide bonds. The molecule has 1 N–H and O–H groups in total. The SMILES string of the molecule is N#CSc1ccc(NC(=O)C2(c3cccc(Cl)c3)CC2)cc1. The molecule has 0 bridgehead atoms. The number of hydrogen-bond acceptors (Lipinski definition) is 3. The van der Waals surface area contributed by atoms with Crippen LogP contribution in [0.25, 0.3) is 0 Å². The number of thiocyanates is 1. The highest BCUT2D eigenvalue weighted by atomic mass is 35.5. The Bertz CT molecular complexity index is 748. The molecule has 2 aromatic rings. The van der Waals surface area contributed by atoms with Crippen molar-refractivity contribution in [2.24, 2.45) is 0 Å². The van der Waals surface area contributed by atoms with Crippen LogP contribution >= 0.6 is 23.4 Å². The Morgan fingerprint density at radius 2 is 1.95 bits per heavy atom. The zero-order chi connectivity index (χ0) is 15.6. The van der Waals surface area contributed by atoms with Gasteiger partial charge in [-0.15, -0.1) is 0 Å². The molecule has 2 aromatic carbocycles. The Hall–Kier alpha value is -1.96. The first-order chi connectivity index (χ1) is 10.6. The number of hydrogen-bond donors (Lipinski definition) is 1. The van der Waals surface area contributed by atoms with Gasteiger partial charge in [0.15, 0.2) is 0 Å². The fraction of sp³-hybridized carbons (Fsp3) is 0.176. The van der Waals surface area contributed by atoms with Gasteiger partial charge >= 0.3 is 0 Å². The van der Waals surface area contributed by atoms with Crippen molar-refractivity contribution >= 4 is 35.0 Å². The van der Waals surface area contributed by atoms with Gasteiger partial charge in [-0.1, -0.05) is 23.7 Å². The molecule has 3 nitrogen and oxygen atoms in total. The van der Waals surface area contributed by atoms with Gasteiger partial charge in [0.1, 0.15) is 5.40 Å². The lowest BCUT2D eigenvalue weighted by Gasteiger charge is -2.16. The number of thioether (sulfide) groups is 1. The summed E-state index contributed by atoms with van der Waals surface area (Å²) in [6.07, 6.45) is 1.67. The number of nitrogens with one attached hydrogen (secondary N) is 1. The molecule has 0 unspecified atom stereocenters. The number of carbonyl (C=O) groups excluding carboxylic acids is 1. The minimum atomic E-state index is -0.453. The zero-order valence-corrected chi connectivity index (χ0v) is 13.2. The third-order valence-corrected chi connectivity index (χ3v) is 4.67. The van der Waals surface area contributed by atoms with Crippen LogP contribution < -0.4 is 5.32 Å². The number of benzene rings is 2. The largest absolute Gasteiger partial charge is 0.325 e. The third-order valence-electron chi connectivity index (χ3n) is 3.84. The normalized spacial score (nSPS) is 14.9. The number of nitrogens with zero attached hydrogens (tertiary/aromatic N) is 1. The second-order valence-electron chi connectivity index (χ2n) is 5.26. The fourth-order valence-electron chi connectivity index (χ4n) is 2.47. The second-order valence-corrected chi connectivity index (χ2v) is 6.56. The van der Waals surface area contributed by atoms with Gasteiger partial charge in [-0.2, -0.15) is 5.26 Å². The first-order valence-electron chi connectivity index (χ1n) is 6.87. The summed E-state index contributed by atoms with van der Waals surface area (Å²) in [5, 5.41) is 14.3. The molecule has 0 aliphatic heterocycles. The maximum absolute atomic E-state index is 12.6. The van der Waals surface area contributed by atoms with Gasteiger partial charge < -0.3 is 5.32 Å². The van der Waals surface area contributed by atoms with Gasteiger partial charge in [0.25, 0.3) is 0 Å². The molecule has 1 aliphatic rings. The highest BCUT2D eigenvalue weighted by Gasteiger charge is 2.51. The molecule has 5 heteroatoms. The number of amides is 1. The Labute approximate surface area is 138 Å². The molecule has 3 rings (SSSR count). The molecular formula is C17H13ClN2OS. The Morgan fingerprint density at radius 1 is 1.23 bits per heavy atom. The molecule has 1 fully saturated rings. The van der Waals surface area contributed by atoms with E-state index < -0.39 is 5.41 Å². The predicted octanol–water partition coefficient (Wildman–Crippen LogP) is 4.58.